The van der Waals surface area contributed by atoms with Crippen LogP contribution in [0.15, 0.2) is 0 Å². The Labute approximate surface area is 210 Å². The summed E-state index contributed by atoms with van der Waals surface area (Å²) in [6, 6.07) is 0. The maximum absolute atomic E-state index is 11.3. The number of nitrogens with one attached hydrogen (secondary N) is 1. The Morgan fingerprint density at radius 2 is 0.939 bits per heavy atom. The number of amides is 1. The quantitative estimate of drug-likeness (QED) is 0.0805. The van der Waals surface area contributed by atoms with E-state index < -0.39 is 5.97 Å². The summed E-state index contributed by atoms with van der Waals surface area (Å²) in [5, 5.41) is 11.1. The molecule has 1 amide bonds. The summed E-state index contributed by atoms with van der Waals surface area (Å²) in [6.07, 6.45) is 0.505. The third kappa shape index (κ3) is 29.4. The van der Waals surface area contributed by atoms with Crippen molar-refractivity contribution in [1.82, 2.24) is 5.32 Å². The van der Waals surface area contributed by atoms with Gasteiger partial charge in [-0.25, -0.2) is 0 Å². The second kappa shape index (κ2) is 27.6. The largest absolute Gasteiger partial charge is 0.481 e. The van der Waals surface area contributed by atoms with E-state index >= 15 is 0 Å². The minimum atomic E-state index is -0.977. The van der Waals surface area contributed by atoms with Crippen molar-refractivity contribution in [2.24, 2.45) is 0 Å². The molecule has 12 heteroatoms. The zero-order valence-corrected chi connectivity index (χ0v) is 21.6. The van der Waals surface area contributed by atoms with Crippen molar-refractivity contribution >= 4 is 34.5 Å². The highest BCUT2D eigenvalue weighted by Gasteiger charge is 2.04. The Kier molecular flexibility index (Phi) is 27.1. The molecular weight excluding hydrogens is 553 g/mol. The lowest BCUT2D eigenvalue weighted by Gasteiger charge is -2.08. The average molecular weight is 593 g/mol. The van der Waals surface area contributed by atoms with Crippen LogP contribution in [0.4, 0.5) is 0 Å². The van der Waals surface area contributed by atoms with Gasteiger partial charge in [-0.1, -0.05) is 22.6 Å². The normalized spacial score (nSPS) is 11.1. The van der Waals surface area contributed by atoms with Gasteiger partial charge in [0.15, 0.2) is 0 Å². The zero-order chi connectivity index (χ0) is 24.2. The van der Waals surface area contributed by atoms with Crippen LogP contribution in [0.5, 0.6) is 0 Å². The molecule has 0 bridgehead atoms. The molecule has 0 aliphatic rings. The number of carbonyl (C=O) groups is 2. The molecule has 0 aromatic heterocycles. The minimum absolute atomic E-state index is 0.00153. The number of ether oxygens (including phenoxy) is 7. The lowest BCUT2D eigenvalue weighted by molar-refractivity contribution is -0.138. The van der Waals surface area contributed by atoms with Crippen molar-refractivity contribution in [2.45, 2.75) is 19.3 Å². The Balaban J connectivity index is 3.08. The molecule has 33 heavy (non-hydrogen) atoms. The Morgan fingerprint density at radius 3 is 1.30 bits per heavy atom. The molecule has 0 unspecified atom stereocenters. The summed E-state index contributed by atoms with van der Waals surface area (Å²) in [5.74, 6) is -1.24. The molecule has 0 aromatic carbocycles. The SMILES string of the molecule is O=C(O)CCC(=O)NCCCOCCOCCOCCOCCOCCOCCOCCI. The van der Waals surface area contributed by atoms with Gasteiger partial charge < -0.3 is 43.6 Å². The summed E-state index contributed by atoms with van der Waals surface area (Å²) in [7, 11) is 0. The highest BCUT2D eigenvalue weighted by Crippen LogP contribution is 1.90. The van der Waals surface area contributed by atoms with E-state index in [0.29, 0.717) is 98.9 Å². The van der Waals surface area contributed by atoms with E-state index in [4.69, 9.17) is 38.3 Å². The standard InChI is InChI=1S/C21H40INO10/c22-4-7-28-9-11-30-13-15-32-17-19-33-18-16-31-14-12-29-10-8-27-6-1-5-23-20(24)2-3-21(25)26/h1-19H2,(H,23,24)(H,25,26). The predicted octanol–water partition coefficient (Wildman–Crippen LogP) is 0.909. The highest BCUT2D eigenvalue weighted by molar-refractivity contribution is 14.1. The zero-order valence-electron chi connectivity index (χ0n) is 19.4. The van der Waals surface area contributed by atoms with E-state index in [1.807, 2.05) is 0 Å². The van der Waals surface area contributed by atoms with Gasteiger partial charge in [-0.2, -0.15) is 0 Å². The van der Waals surface area contributed by atoms with Crippen LogP contribution in [0.2, 0.25) is 0 Å². The summed E-state index contributed by atoms with van der Waals surface area (Å²) in [4.78, 5) is 21.7. The van der Waals surface area contributed by atoms with Crippen molar-refractivity contribution in [2.75, 3.05) is 103 Å². The van der Waals surface area contributed by atoms with Gasteiger partial charge in [0.1, 0.15) is 0 Å². The second-order valence-corrected chi connectivity index (χ2v) is 7.65. The van der Waals surface area contributed by atoms with E-state index in [0.717, 1.165) is 11.0 Å². The lowest BCUT2D eigenvalue weighted by atomic mass is 10.3. The van der Waals surface area contributed by atoms with Crippen LogP contribution < -0.4 is 5.32 Å². The molecule has 0 rings (SSSR count). The monoisotopic (exact) mass is 593 g/mol. The third-order valence-electron chi connectivity index (χ3n) is 3.81. The molecule has 0 aliphatic carbocycles. The van der Waals surface area contributed by atoms with Crippen molar-refractivity contribution in [3.05, 3.63) is 0 Å². The van der Waals surface area contributed by atoms with Crippen LogP contribution in [0.1, 0.15) is 19.3 Å². The number of carboxylic acid groups (broad SMARTS) is 1. The lowest BCUT2D eigenvalue weighted by Crippen LogP contribution is -2.25. The fourth-order valence-electron chi connectivity index (χ4n) is 2.19. The van der Waals surface area contributed by atoms with Crippen LogP contribution in [-0.2, 0) is 42.7 Å². The summed E-state index contributed by atoms with van der Waals surface area (Å²) >= 11 is 2.27. The first kappa shape index (κ1) is 32.4. The van der Waals surface area contributed by atoms with Crippen LogP contribution in [-0.4, -0.2) is 120 Å². The maximum Gasteiger partial charge on any atom is 0.303 e. The Morgan fingerprint density at radius 1 is 0.576 bits per heavy atom. The summed E-state index contributed by atoms with van der Waals surface area (Å²) < 4.78 is 38.7. The molecule has 0 saturated carbocycles. The Bertz CT molecular complexity index is 445. The van der Waals surface area contributed by atoms with Gasteiger partial charge in [-0.15, -0.1) is 0 Å². The first-order valence-electron chi connectivity index (χ1n) is 11.3. The van der Waals surface area contributed by atoms with Crippen molar-refractivity contribution in [1.29, 1.82) is 0 Å². The van der Waals surface area contributed by atoms with Gasteiger partial charge >= 0.3 is 5.97 Å². The number of carbonyl (C=O) groups excluding carboxylic acids is 1. The number of aliphatic carboxylic acids is 1. The summed E-state index contributed by atoms with van der Waals surface area (Å²) in [6.45, 7) is 7.96. The van der Waals surface area contributed by atoms with Gasteiger partial charge in [0.25, 0.3) is 0 Å². The van der Waals surface area contributed by atoms with Gasteiger partial charge in [0.2, 0.25) is 5.91 Å². The number of alkyl halides is 1. The van der Waals surface area contributed by atoms with Gasteiger partial charge in [0, 0.05) is 24.0 Å². The molecular formula is C21H40INO10. The summed E-state index contributed by atoms with van der Waals surface area (Å²) in [5.41, 5.74) is 0. The number of hydrogen-bond acceptors (Lipinski definition) is 9. The Hall–Kier alpha value is -0.610. The van der Waals surface area contributed by atoms with Crippen molar-refractivity contribution in [3.63, 3.8) is 0 Å². The number of hydrogen-bond donors (Lipinski definition) is 2. The molecule has 0 radical (unpaired) electrons. The third-order valence-corrected chi connectivity index (χ3v) is 4.25. The van der Waals surface area contributed by atoms with Crippen LogP contribution in [0.25, 0.3) is 0 Å². The fourth-order valence-corrected chi connectivity index (χ4v) is 2.50. The number of carboxylic acids is 1. The average Bonchev–Trinajstić information content (AvgIpc) is 2.80. The van der Waals surface area contributed by atoms with Crippen LogP contribution >= 0.6 is 22.6 Å². The first-order valence-corrected chi connectivity index (χ1v) is 12.8. The molecule has 0 fully saturated rings. The highest BCUT2D eigenvalue weighted by atomic mass is 127. The van der Waals surface area contributed by atoms with Crippen molar-refractivity contribution < 1.29 is 47.9 Å². The molecule has 2 N–H and O–H groups in total. The minimum Gasteiger partial charge on any atom is -0.481 e. The molecule has 196 valence electrons. The van der Waals surface area contributed by atoms with Crippen LogP contribution in [0, 0.1) is 0 Å². The molecule has 0 heterocycles. The predicted molar refractivity (Wildman–Crippen MR) is 129 cm³/mol. The molecule has 0 saturated heterocycles. The molecule has 0 aromatic rings. The van der Waals surface area contributed by atoms with Gasteiger partial charge in [-0.3, -0.25) is 9.59 Å². The van der Waals surface area contributed by atoms with E-state index in [1.165, 1.54) is 0 Å². The van der Waals surface area contributed by atoms with Gasteiger partial charge in [0.05, 0.1) is 92.3 Å². The van der Waals surface area contributed by atoms with E-state index in [9.17, 15) is 9.59 Å². The second-order valence-electron chi connectivity index (χ2n) is 6.57. The number of rotatable bonds is 27. The van der Waals surface area contributed by atoms with Crippen LogP contribution in [0.3, 0.4) is 0 Å². The van der Waals surface area contributed by atoms with E-state index in [2.05, 4.69) is 27.9 Å². The first-order chi connectivity index (χ1) is 16.2. The number of halogens is 1. The molecule has 0 spiro atoms. The molecule has 0 aliphatic heterocycles. The van der Waals surface area contributed by atoms with Crippen molar-refractivity contribution in [3.8, 4) is 0 Å². The fraction of sp³-hybridized carbons (Fsp3) is 0.905. The van der Waals surface area contributed by atoms with E-state index in [-0.39, 0.29) is 18.7 Å². The maximum atomic E-state index is 11.3. The smallest absolute Gasteiger partial charge is 0.303 e. The molecule has 0 atom stereocenters. The molecule has 11 nitrogen and oxygen atoms in total. The topological polar surface area (TPSA) is 131 Å². The van der Waals surface area contributed by atoms with E-state index in [1.54, 1.807) is 0 Å². The van der Waals surface area contributed by atoms with Gasteiger partial charge in [-0.05, 0) is 6.42 Å².